The highest BCUT2D eigenvalue weighted by molar-refractivity contribution is 8.13. The maximum atomic E-state index is 14.5. The first-order valence-electron chi connectivity index (χ1n) is 25.6. The van der Waals surface area contributed by atoms with Gasteiger partial charge in [-0.2, -0.15) is 9.97 Å². The van der Waals surface area contributed by atoms with Crippen LogP contribution >= 0.6 is 11.8 Å². The van der Waals surface area contributed by atoms with Gasteiger partial charge in [0.1, 0.15) is 12.2 Å². The van der Waals surface area contributed by atoms with Gasteiger partial charge in [-0.05, 0) is 33.8 Å². The molecule has 8 atom stereocenters. The lowest BCUT2D eigenvalue weighted by Crippen LogP contribution is -2.66. The number of imidazole rings is 1. The number of nitrogens with one attached hydrogen (secondary N) is 2. The first kappa shape index (κ1) is 57.7. The average Bonchev–Trinajstić information content (AvgIpc) is 4.14. The molecule has 8 rings (SSSR count). The molecule has 6 aromatic rings. The second-order valence-corrected chi connectivity index (χ2v) is 28.5. The summed E-state index contributed by atoms with van der Waals surface area (Å²) in [6, 6.07) is 27.0. The van der Waals surface area contributed by atoms with Gasteiger partial charge in [-0.3, -0.25) is 43.9 Å². The van der Waals surface area contributed by atoms with Crippen molar-refractivity contribution in [3.8, 4) is 5.88 Å². The third-order valence-electron chi connectivity index (χ3n) is 14.1. The van der Waals surface area contributed by atoms with E-state index in [-0.39, 0.29) is 70.6 Å². The number of hydrogen-bond acceptors (Lipinski definition) is 18. The number of non-ortho nitro benzene ring substituents is 1. The molecule has 0 bridgehead atoms. The van der Waals surface area contributed by atoms with E-state index in [1.165, 1.54) is 36.1 Å². The standard InChI is InChI=1S/C53H64N8O14S2Si/c1-32(2)47(66)57-51-56-46-43(48(58-51)72-26-22-34-17-19-35(20-18-34)61(68)69)54-31-60(46)50-44(64)38(29-76-33(3)62)41(75-50)24-28-77(70,71)30-39-40(74-49(45(39)65)59-25-21-42(63)55-52(59)67)23-27-73-78(53(4,5)6,36-13-9-7-10-14-36)37-15-11-8-12-16-37/h7-21,25,31-32,38-41,44-45,49-50,64-65H,22-24,26-30H2,1-6H3,(H,55,63,67)(H,56,57,58,66)/t38-,39-,40-,41-,44-,45-,49-,50-/m1/s1. The van der Waals surface area contributed by atoms with E-state index < -0.39 is 106 Å². The number of anilines is 1. The van der Waals surface area contributed by atoms with Gasteiger partial charge in [0.25, 0.3) is 19.6 Å². The van der Waals surface area contributed by atoms with Crippen LogP contribution in [0.5, 0.6) is 5.88 Å². The molecule has 416 valence electrons. The number of ether oxygens (including phenoxy) is 3. The van der Waals surface area contributed by atoms with E-state index >= 15 is 0 Å². The van der Waals surface area contributed by atoms with Gasteiger partial charge >= 0.3 is 5.69 Å². The molecule has 0 aliphatic carbocycles. The summed E-state index contributed by atoms with van der Waals surface area (Å²) < 4.78 is 57.6. The number of fused-ring (bicyclic) bond motifs is 1. The molecule has 3 aromatic carbocycles. The minimum absolute atomic E-state index is 0.0165. The van der Waals surface area contributed by atoms with Crippen LogP contribution in [0.15, 0.2) is 113 Å². The summed E-state index contributed by atoms with van der Waals surface area (Å²) in [7, 11) is -7.20. The Labute approximate surface area is 455 Å². The summed E-state index contributed by atoms with van der Waals surface area (Å²) in [6.07, 6.45) is -4.51. The molecule has 0 unspecified atom stereocenters. The van der Waals surface area contributed by atoms with Crippen molar-refractivity contribution >= 4 is 74.1 Å². The summed E-state index contributed by atoms with van der Waals surface area (Å²) in [6.45, 7) is 11.3. The maximum Gasteiger partial charge on any atom is 0.330 e. The van der Waals surface area contributed by atoms with Crippen molar-refractivity contribution in [2.45, 2.75) is 103 Å². The van der Waals surface area contributed by atoms with Crippen LogP contribution in [0, 0.1) is 27.9 Å². The molecule has 1 amide bonds. The van der Waals surface area contributed by atoms with Crippen LogP contribution in [0.1, 0.15) is 72.4 Å². The van der Waals surface area contributed by atoms with E-state index in [1.54, 1.807) is 26.0 Å². The number of benzene rings is 3. The van der Waals surface area contributed by atoms with Crippen molar-refractivity contribution in [2.24, 2.45) is 17.8 Å². The van der Waals surface area contributed by atoms with E-state index in [9.17, 15) is 47.9 Å². The van der Waals surface area contributed by atoms with Gasteiger partial charge in [-0.25, -0.2) is 18.2 Å². The lowest BCUT2D eigenvalue weighted by Gasteiger charge is -2.43. The number of nitrogens with zero attached hydrogens (tertiary/aromatic N) is 6. The Balaban J connectivity index is 1.04. The third kappa shape index (κ3) is 12.8. The van der Waals surface area contributed by atoms with Crippen LogP contribution in [-0.2, 0) is 39.7 Å². The van der Waals surface area contributed by atoms with Crippen molar-refractivity contribution in [3.63, 3.8) is 0 Å². The number of carbonyl (C=O) groups excluding carboxylic acids is 2. The van der Waals surface area contributed by atoms with Crippen LogP contribution in [0.25, 0.3) is 11.2 Å². The highest BCUT2D eigenvalue weighted by atomic mass is 32.2. The molecule has 2 aliphatic rings. The number of sulfone groups is 1. The van der Waals surface area contributed by atoms with E-state index in [4.69, 9.17) is 18.6 Å². The second kappa shape index (κ2) is 24.3. The molecular formula is C53H64N8O14S2Si. The highest BCUT2D eigenvalue weighted by Gasteiger charge is 2.52. The number of rotatable bonds is 22. The molecule has 4 N–H and O–H groups in total. The number of nitro benzene ring substituents is 1. The van der Waals surface area contributed by atoms with Crippen LogP contribution in [-0.4, -0.2) is 127 Å². The molecule has 0 radical (unpaired) electrons. The molecular weight excluding hydrogens is 1060 g/mol. The van der Waals surface area contributed by atoms with Crippen LogP contribution in [0.3, 0.4) is 0 Å². The van der Waals surface area contributed by atoms with Gasteiger partial charge in [-0.1, -0.05) is 119 Å². The smallest absolute Gasteiger partial charge is 0.330 e. The number of amides is 1. The monoisotopic (exact) mass is 1130 g/mol. The van der Waals surface area contributed by atoms with Crippen molar-refractivity contribution in [2.75, 3.05) is 35.8 Å². The van der Waals surface area contributed by atoms with Crippen LogP contribution in [0.4, 0.5) is 11.6 Å². The lowest BCUT2D eigenvalue weighted by molar-refractivity contribution is -0.384. The summed E-state index contributed by atoms with van der Waals surface area (Å²) >= 11 is 0.942. The average molecular weight is 1130 g/mol. The highest BCUT2D eigenvalue weighted by Crippen LogP contribution is 2.42. The van der Waals surface area contributed by atoms with E-state index in [0.717, 1.165) is 38.3 Å². The Bertz CT molecular complexity index is 3280. The predicted molar refractivity (Wildman–Crippen MR) is 294 cm³/mol. The third-order valence-corrected chi connectivity index (χ3v) is 21.9. The number of thioether (sulfide) groups is 1. The first-order valence-corrected chi connectivity index (χ1v) is 30.3. The summed E-state index contributed by atoms with van der Waals surface area (Å²) in [5.41, 5.74) is -0.598. The molecule has 2 saturated heterocycles. The van der Waals surface area contributed by atoms with Crippen molar-refractivity contribution in [1.82, 2.24) is 29.1 Å². The number of aromatic nitrogens is 6. The molecule has 25 heteroatoms. The minimum Gasteiger partial charge on any atom is -0.476 e. The zero-order valence-electron chi connectivity index (χ0n) is 44.0. The number of nitro groups is 1. The molecule has 3 aromatic heterocycles. The van der Waals surface area contributed by atoms with Gasteiger partial charge < -0.3 is 28.8 Å². The zero-order chi connectivity index (χ0) is 56.1. The fourth-order valence-corrected chi connectivity index (χ4v) is 17.3. The molecule has 2 fully saturated rings. The van der Waals surface area contributed by atoms with Gasteiger partial charge in [0.15, 0.2) is 38.6 Å². The lowest BCUT2D eigenvalue weighted by atomic mass is 9.98. The Morgan fingerprint density at radius 3 is 2.09 bits per heavy atom. The van der Waals surface area contributed by atoms with Gasteiger partial charge in [0, 0.05) is 67.9 Å². The topological polar surface area (TPSA) is 299 Å². The number of aliphatic hydroxyl groups is 2. The zero-order valence-corrected chi connectivity index (χ0v) is 46.6. The summed E-state index contributed by atoms with van der Waals surface area (Å²) in [5.74, 6) is -3.89. The molecule has 22 nitrogen and oxygen atoms in total. The van der Waals surface area contributed by atoms with Gasteiger partial charge in [0.2, 0.25) is 17.7 Å². The quantitative estimate of drug-likeness (QED) is 0.0418. The number of hydrogen-bond donors (Lipinski definition) is 4. The van der Waals surface area contributed by atoms with E-state index in [0.29, 0.717) is 6.42 Å². The van der Waals surface area contributed by atoms with Crippen LogP contribution in [0.2, 0.25) is 5.04 Å². The Morgan fingerprint density at radius 1 is 0.885 bits per heavy atom. The maximum absolute atomic E-state index is 14.5. The van der Waals surface area contributed by atoms with E-state index in [2.05, 4.69) is 46.0 Å². The van der Waals surface area contributed by atoms with Crippen molar-refractivity contribution in [1.29, 1.82) is 0 Å². The number of carbonyl (C=O) groups is 2. The summed E-state index contributed by atoms with van der Waals surface area (Å²) in [4.78, 5) is 76.8. The van der Waals surface area contributed by atoms with Crippen LogP contribution < -0.4 is 31.7 Å². The normalized spacial score (nSPS) is 21.8. The van der Waals surface area contributed by atoms with Gasteiger partial charge in [-0.15, -0.1) is 0 Å². The van der Waals surface area contributed by atoms with E-state index in [1.807, 2.05) is 60.7 Å². The Morgan fingerprint density at radius 2 is 1.50 bits per heavy atom. The first-order chi connectivity index (χ1) is 37.1. The largest absolute Gasteiger partial charge is 0.476 e. The minimum atomic E-state index is -4.13. The van der Waals surface area contributed by atoms with Crippen molar-refractivity contribution in [3.05, 3.63) is 140 Å². The molecule has 0 spiro atoms. The fraction of sp³-hybridized carbons (Fsp3) is 0.453. The number of aliphatic hydroxyl groups excluding tert-OH is 2. The molecule has 5 heterocycles. The molecule has 0 saturated carbocycles. The SMILES string of the molecule is CC(=O)SC[C@H]1[C@@H](O)[C@H](n2cnc3c(OCCc4ccc([N+](=O)[O-])cc4)nc(NC(=O)C(C)C)nc32)O[C@@H]1CCS(=O)(=O)C[C@H]1[C@@H](O)[C@H](n2ccc(=O)[nH]c2=O)O[C@@H]1CCO[Si](c1ccccc1)(c1ccccc1)C(C)(C)C. The number of aromatic amines is 1. The number of H-pyrrole nitrogens is 1. The predicted octanol–water partition coefficient (Wildman–Crippen LogP) is 4.30. The van der Waals surface area contributed by atoms with Gasteiger partial charge in [0.05, 0.1) is 41.6 Å². The molecule has 2 aliphatic heterocycles. The summed E-state index contributed by atoms with van der Waals surface area (Å²) in [5, 5.41) is 39.3. The Hall–Kier alpha value is -6.45. The Kier molecular flexibility index (Phi) is 18.0. The fourth-order valence-electron chi connectivity index (χ4n) is 10.2. The second-order valence-electron chi connectivity index (χ2n) is 20.8. The molecule has 78 heavy (non-hydrogen) atoms. The van der Waals surface area contributed by atoms with Crippen molar-refractivity contribution < 1.29 is 51.8 Å².